The van der Waals surface area contributed by atoms with Gasteiger partial charge in [-0.2, -0.15) is 0 Å². The Balaban J connectivity index is 1.94. The average Bonchev–Trinajstić information content (AvgIpc) is 2.83. The first kappa shape index (κ1) is 14.9. The van der Waals surface area contributed by atoms with Gasteiger partial charge in [-0.1, -0.05) is 12.1 Å². The van der Waals surface area contributed by atoms with Crippen molar-refractivity contribution in [3.05, 3.63) is 45.1 Å². The second-order valence-corrected chi connectivity index (χ2v) is 6.67. The van der Waals surface area contributed by atoms with Crippen molar-refractivity contribution in [2.75, 3.05) is 11.9 Å². The van der Waals surface area contributed by atoms with E-state index in [1.807, 2.05) is 30.3 Å². The predicted octanol–water partition coefficient (Wildman–Crippen LogP) is 3.38. The number of carbonyl (C=O) groups excluding carboxylic acids is 1. The van der Waals surface area contributed by atoms with Crippen molar-refractivity contribution in [2.45, 2.75) is 13.0 Å². The third-order valence-corrected chi connectivity index (χ3v) is 4.20. The Labute approximate surface area is 130 Å². The van der Waals surface area contributed by atoms with Gasteiger partial charge in [-0.15, -0.1) is 11.3 Å². The Bertz CT molecular complexity index is 586. The van der Waals surface area contributed by atoms with Crippen LogP contribution < -0.4 is 15.8 Å². The molecule has 0 saturated carbocycles. The van der Waals surface area contributed by atoms with E-state index in [2.05, 4.69) is 27.3 Å². The standard InChI is InChI=1S/C14H15BrN2O2S/c15-13-6-5-10(20-13)9-17-11-3-1-2-4-12(11)19-8-7-14(16)18/h1-6,17H,7-9H2,(H2,16,18). The van der Waals surface area contributed by atoms with Crippen LogP contribution in [0.4, 0.5) is 5.69 Å². The molecule has 0 radical (unpaired) electrons. The van der Waals surface area contributed by atoms with Crippen LogP contribution in [0, 0.1) is 0 Å². The summed E-state index contributed by atoms with van der Waals surface area (Å²) in [6, 6.07) is 11.7. The maximum Gasteiger partial charge on any atom is 0.220 e. The highest BCUT2D eigenvalue weighted by atomic mass is 79.9. The van der Waals surface area contributed by atoms with Crippen molar-refractivity contribution >= 4 is 38.9 Å². The summed E-state index contributed by atoms with van der Waals surface area (Å²) in [5.41, 5.74) is 6.00. The van der Waals surface area contributed by atoms with Gasteiger partial charge in [0.2, 0.25) is 5.91 Å². The highest BCUT2D eigenvalue weighted by Gasteiger charge is 2.04. The molecule has 0 atom stereocenters. The van der Waals surface area contributed by atoms with Crippen molar-refractivity contribution in [1.29, 1.82) is 0 Å². The quantitative estimate of drug-likeness (QED) is 0.800. The second kappa shape index (κ2) is 7.31. The molecule has 106 valence electrons. The Hall–Kier alpha value is -1.53. The van der Waals surface area contributed by atoms with E-state index in [0.717, 1.165) is 21.8 Å². The lowest BCUT2D eigenvalue weighted by Gasteiger charge is -2.12. The molecule has 0 aliphatic carbocycles. The summed E-state index contributed by atoms with van der Waals surface area (Å²) in [5, 5.41) is 3.33. The maximum absolute atomic E-state index is 10.7. The number of nitrogens with two attached hydrogens (primary N) is 1. The van der Waals surface area contributed by atoms with E-state index in [9.17, 15) is 4.79 Å². The molecular formula is C14H15BrN2O2S. The summed E-state index contributed by atoms with van der Waals surface area (Å²) >= 11 is 5.13. The van der Waals surface area contributed by atoms with E-state index in [1.54, 1.807) is 11.3 Å². The van der Waals surface area contributed by atoms with E-state index in [4.69, 9.17) is 10.5 Å². The molecular weight excluding hydrogens is 340 g/mol. The van der Waals surface area contributed by atoms with Crippen LogP contribution in [0.2, 0.25) is 0 Å². The van der Waals surface area contributed by atoms with Gasteiger partial charge < -0.3 is 15.8 Å². The van der Waals surface area contributed by atoms with Crippen molar-refractivity contribution in [3.8, 4) is 5.75 Å². The fourth-order valence-electron chi connectivity index (χ4n) is 1.63. The van der Waals surface area contributed by atoms with Crippen LogP contribution in [-0.2, 0) is 11.3 Å². The minimum Gasteiger partial charge on any atom is -0.491 e. The van der Waals surface area contributed by atoms with Gasteiger partial charge >= 0.3 is 0 Å². The SMILES string of the molecule is NC(=O)CCOc1ccccc1NCc1ccc(Br)s1. The van der Waals surface area contributed by atoms with Gasteiger partial charge in [0.1, 0.15) is 5.75 Å². The number of nitrogens with one attached hydrogen (secondary N) is 1. The van der Waals surface area contributed by atoms with E-state index in [-0.39, 0.29) is 12.3 Å². The topological polar surface area (TPSA) is 64.4 Å². The summed E-state index contributed by atoms with van der Waals surface area (Å²) in [5.74, 6) is 0.364. The van der Waals surface area contributed by atoms with Crippen LogP contribution in [0.15, 0.2) is 40.2 Å². The number of ether oxygens (including phenoxy) is 1. The molecule has 0 fully saturated rings. The first-order valence-electron chi connectivity index (χ1n) is 6.13. The number of anilines is 1. The number of carbonyl (C=O) groups is 1. The molecule has 0 aliphatic rings. The molecule has 4 nitrogen and oxygen atoms in total. The number of hydrogen-bond donors (Lipinski definition) is 2. The first-order valence-corrected chi connectivity index (χ1v) is 7.74. The van der Waals surface area contributed by atoms with Gasteiger partial charge in [0, 0.05) is 11.4 Å². The molecule has 0 spiro atoms. The van der Waals surface area contributed by atoms with Gasteiger partial charge in [-0.05, 0) is 40.2 Å². The molecule has 1 aromatic carbocycles. The van der Waals surface area contributed by atoms with E-state index in [0.29, 0.717) is 6.61 Å². The van der Waals surface area contributed by atoms with Crippen LogP contribution >= 0.6 is 27.3 Å². The second-order valence-electron chi connectivity index (χ2n) is 4.12. The summed E-state index contributed by atoms with van der Waals surface area (Å²) < 4.78 is 6.68. The zero-order chi connectivity index (χ0) is 14.4. The van der Waals surface area contributed by atoms with Gasteiger partial charge in [-0.25, -0.2) is 0 Å². The fourth-order valence-corrected chi connectivity index (χ4v) is 3.05. The molecule has 1 aromatic heterocycles. The van der Waals surface area contributed by atoms with Gasteiger partial charge in [-0.3, -0.25) is 4.79 Å². The molecule has 0 aliphatic heterocycles. The highest BCUT2D eigenvalue weighted by molar-refractivity contribution is 9.11. The van der Waals surface area contributed by atoms with Gasteiger partial charge in [0.15, 0.2) is 0 Å². The minimum atomic E-state index is -0.362. The number of halogens is 1. The number of amides is 1. The highest BCUT2D eigenvalue weighted by Crippen LogP contribution is 2.27. The summed E-state index contributed by atoms with van der Waals surface area (Å²) in [7, 11) is 0. The van der Waals surface area contributed by atoms with Crippen molar-refractivity contribution in [3.63, 3.8) is 0 Å². The van der Waals surface area contributed by atoms with E-state index in [1.165, 1.54) is 4.88 Å². The molecule has 1 amide bonds. The van der Waals surface area contributed by atoms with Gasteiger partial charge in [0.25, 0.3) is 0 Å². The van der Waals surface area contributed by atoms with Crippen molar-refractivity contribution in [1.82, 2.24) is 0 Å². The van der Waals surface area contributed by atoms with Crippen LogP contribution in [0.5, 0.6) is 5.75 Å². The molecule has 1 heterocycles. The minimum absolute atomic E-state index is 0.214. The number of hydrogen-bond acceptors (Lipinski definition) is 4. The van der Waals surface area contributed by atoms with Crippen LogP contribution in [0.3, 0.4) is 0 Å². The molecule has 0 unspecified atom stereocenters. The monoisotopic (exact) mass is 354 g/mol. The molecule has 2 rings (SSSR count). The Morgan fingerprint density at radius 2 is 2.10 bits per heavy atom. The molecule has 0 bridgehead atoms. The molecule has 2 aromatic rings. The number of benzene rings is 1. The zero-order valence-corrected chi connectivity index (χ0v) is 13.2. The smallest absolute Gasteiger partial charge is 0.220 e. The molecule has 6 heteroatoms. The van der Waals surface area contributed by atoms with Crippen molar-refractivity contribution < 1.29 is 9.53 Å². The Morgan fingerprint density at radius 3 is 2.80 bits per heavy atom. The summed E-state index contributed by atoms with van der Waals surface area (Å²) in [6.07, 6.45) is 0.214. The lowest BCUT2D eigenvalue weighted by atomic mass is 10.3. The largest absolute Gasteiger partial charge is 0.491 e. The molecule has 3 N–H and O–H groups in total. The summed E-state index contributed by atoms with van der Waals surface area (Å²) in [6.45, 7) is 1.02. The fraction of sp³-hybridized carbons (Fsp3) is 0.214. The number of thiophene rings is 1. The predicted molar refractivity (Wildman–Crippen MR) is 85.1 cm³/mol. The lowest BCUT2D eigenvalue weighted by Crippen LogP contribution is -2.15. The molecule has 0 saturated heterocycles. The first-order chi connectivity index (χ1) is 9.65. The zero-order valence-electron chi connectivity index (χ0n) is 10.8. The van der Waals surface area contributed by atoms with Crippen LogP contribution in [-0.4, -0.2) is 12.5 Å². The number of para-hydroxylation sites is 2. The summed E-state index contributed by atoms with van der Waals surface area (Å²) in [4.78, 5) is 11.9. The average molecular weight is 355 g/mol. The third kappa shape index (κ3) is 4.54. The van der Waals surface area contributed by atoms with Crippen LogP contribution in [0.25, 0.3) is 0 Å². The molecule has 20 heavy (non-hydrogen) atoms. The Morgan fingerprint density at radius 1 is 1.30 bits per heavy atom. The number of primary amides is 1. The third-order valence-electron chi connectivity index (χ3n) is 2.58. The van der Waals surface area contributed by atoms with E-state index < -0.39 is 0 Å². The van der Waals surface area contributed by atoms with Gasteiger partial charge in [0.05, 0.1) is 22.5 Å². The van der Waals surface area contributed by atoms with E-state index >= 15 is 0 Å². The lowest BCUT2D eigenvalue weighted by molar-refractivity contribution is -0.118. The van der Waals surface area contributed by atoms with Crippen LogP contribution in [0.1, 0.15) is 11.3 Å². The maximum atomic E-state index is 10.7. The normalized spacial score (nSPS) is 10.2. The van der Waals surface area contributed by atoms with Crippen molar-refractivity contribution in [2.24, 2.45) is 5.73 Å². The number of rotatable bonds is 7. The Kier molecular flexibility index (Phi) is 5.43.